The van der Waals surface area contributed by atoms with Crippen molar-refractivity contribution in [1.29, 1.82) is 0 Å². The molecule has 0 saturated carbocycles. The highest BCUT2D eigenvalue weighted by Gasteiger charge is 2.36. The molecule has 2 fully saturated rings. The summed E-state index contributed by atoms with van der Waals surface area (Å²) in [6.07, 6.45) is 3.42. The topological polar surface area (TPSA) is 127 Å². The number of carbonyl (C=O) groups excluding carboxylic acids is 4. The van der Waals surface area contributed by atoms with Crippen molar-refractivity contribution in [3.05, 3.63) is 29.8 Å². The van der Waals surface area contributed by atoms with E-state index in [0.717, 1.165) is 18.7 Å². The summed E-state index contributed by atoms with van der Waals surface area (Å²) in [5.74, 6) is -0.726. The lowest BCUT2D eigenvalue weighted by Gasteiger charge is -2.32. The molecule has 0 spiro atoms. The lowest BCUT2D eigenvalue weighted by Crippen LogP contribution is -2.57. The first-order valence-corrected chi connectivity index (χ1v) is 15.2. The Balaban J connectivity index is 1.61. The van der Waals surface area contributed by atoms with Crippen molar-refractivity contribution in [2.45, 2.75) is 89.4 Å². The third kappa shape index (κ3) is 9.42. The molecule has 3 atom stereocenters. The van der Waals surface area contributed by atoms with Crippen molar-refractivity contribution in [2.75, 3.05) is 46.0 Å². The Morgan fingerprint density at radius 1 is 1.00 bits per heavy atom. The standard InChI is InChI=1S/C31H46N4O7/c1-31(2,3)42-30(39)25-10-4-5-17-41-23-9-6-8-22(20-23)21-26(35-13-7-11-27(35)36)29(38)32-24(28(37)33-25)12-14-34-15-18-40-19-16-34/h6,8-9,20,24-26H,4-5,7,10-19,21H2,1-3H3,(H,32,38)(H,33,37)/t24-,25-,26-/m0/s1. The Morgan fingerprint density at radius 2 is 1.79 bits per heavy atom. The van der Waals surface area contributed by atoms with Crippen LogP contribution in [0.2, 0.25) is 0 Å². The monoisotopic (exact) mass is 586 g/mol. The maximum Gasteiger partial charge on any atom is 0.329 e. The van der Waals surface area contributed by atoms with Gasteiger partial charge in [-0.05, 0) is 70.6 Å². The highest BCUT2D eigenvalue weighted by atomic mass is 16.6. The molecule has 232 valence electrons. The summed E-state index contributed by atoms with van der Waals surface area (Å²) in [5.41, 5.74) is 0.156. The molecule has 2 bridgehead atoms. The minimum Gasteiger partial charge on any atom is -0.494 e. The molecule has 0 radical (unpaired) electrons. The van der Waals surface area contributed by atoms with Gasteiger partial charge in [-0.1, -0.05) is 12.1 Å². The van der Waals surface area contributed by atoms with Crippen LogP contribution in [0.25, 0.3) is 0 Å². The van der Waals surface area contributed by atoms with E-state index in [4.69, 9.17) is 14.2 Å². The molecule has 11 nitrogen and oxygen atoms in total. The van der Waals surface area contributed by atoms with E-state index in [1.807, 2.05) is 24.3 Å². The zero-order valence-electron chi connectivity index (χ0n) is 25.2. The van der Waals surface area contributed by atoms with Gasteiger partial charge in [-0.2, -0.15) is 0 Å². The number of fused-ring (bicyclic) bond motifs is 2. The molecule has 3 aliphatic heterocycles. The Kier molecular flexibility index (Phi) is 11.2. The minimum atomic E-state index is -0.895. The van der Waals surface area contributed by atoms with E-state index in [9.17, 15) is 19.2 Å². The van der Waals surface area contributed by atoms with Gasteiger partial charge in [-0.25, -0.2) is 4.79 Å². The van der Waals surface area contributed by atoms with Gasteiger partial charge in [0.15, 0.2) is 0 Å². The van der Waals surface area contributed by atoms with Crippen LogP contribution < -0.4 is 15.4 Å². The van der Waals surface area contributed by atoms with Crippen LogP contribution >= 0.6 is 0 Å². The Morgan fingerprint density at radius 3 is 2.50 bits per heavy atom. The van der Waals surface area contributed by atoms with E-state index in [1.165, 1.54) is 0 Å². The highest BCUT2D eigenvalue weighted by Crippen LogP contribution is 2.21. The van der Waals surface area contributed by atoms with E-state index >= 15 is 0 Å². The number of amides is 3. The quantitative estimate of drug-likeness (QED) is 0.501. The van der Waals surface area contributed by atoms with Crippen LogP contribution in [0.3, 0.4) is 0 Å². The van der Waals surface area contributed by atoms with E-state index in [1.54, 1.807) is 25.7 Å². The molecule has 3 amide bonds. The third-order valence-corrected chi connectivity index (χ3v) is 7.75. The summed E-state index contributed by atoms with van der Waals surface area (Å²) in [5, 5.41) is 5.85. The second-order valence-electron chi connectivity index (χ2n) is 12.3. The molecule has 2 saturated heterocycles. The molecule has 1 aromatic carbocycles. The molecule has 42 heavy (non-hydrogen) atoms. The SMILES string of the molecule is CC(C)(C)OC(=O)[C@@H]1CCCCOc2cccc(c2)C[C@H](N2CCCC2=O)C(=O)N[C@@H](CCN2CCOCC2)C(=O)N1. The number of esters is 1. The van der Waals surface area contributed by atoms with E-state index in [0.29, 0.717) is 83.6 Å². The molecule has 3 aliphatic rings. The fourth-order valence-corrected chi connectivity index (χ4v) is 5.54. The maximum absolute atomic E-state index is 13.9. The minimum absolute atomic E-state index is 0.0729. The largest absolute Gasteiger partial charge is 0.494 e. The number of benzene rings is 1. The average Bonchev–Trinajstić information content (AvgIpc) is 3.37. The zero-order chi connectivity index (χ0) is 30.1. The zero-order valence-corrected chi connectivity index (χ0v) is 25.2. The van der Waals surface area contributed by atoms with Gasteiger partial charge >= 0.3 is 5.97 Å². The molecule has 1 aromatic rings. The third-order valence-electron chi connectivity index (χ3n) is 7.75. The van der Waals surface area contributed by atoms with Crippen LogP contribution in [0.1, 0.15) is 64.9 Å². The van der Waals surface area contributed by atoms with Crippen LogP contribution in [-0.4, -0.2) is 103 Å². The van der Waals surface area contributed by atoms with E-state index in [-0.39, 0.29) is 11.8 Å². The van der Waals surface area contributed by atoms with Crippen molar-refractivity contribution in [2.24, 2.45) is 0 Å². The van der Waals surface area contributed by atoms with Crippen molar-refractivity contribution < 1.29 is 33.4 Å². The molecule has 3 heterocycles. The molecular weight excluding hydrogens is 540 g/mol. The number of likely N-dealkylation sites (tertiary alicyclic amines) is 1. The fourth-order valence-electron chi connectivity index (χ4n) is 5.54. The number of rotatable bonds is 5. The Labute approximate surface area is 248 Å². The van der Waals surface area contributed by atoms with Gasteiger partial charge in [0.2, 0.25) is 17.7 Å². The van der Waals surface area contributed by atoms with Crippen LogP contribution in [-0.2, 0) is 35.1 Å². The number of hydrogen-bond donors (Lipinski definition) is 2. The predicted molar refractivity (Wildman–Crippen MR) is 156 cm³/mol. The molecule has 0 unspecified atom stereocenters. The smallest absolute Gasteiger partial charge is 0.329 e. The predicted octanol–water partition coefficient (Wildman–Crippen LogP) is 1.82. The normalized spacial score (nSPS) is 25.4. The van der Waals surface area contributed by atoms with Gasteiger partial charge in [0, 0.05) is 39.0 Å². The maximum atomic E-state index is 13.9. The number of hydrogen-bond acceptors (Lipinski definition) is 8. The van der Waals surface area contributed by atoms with Gasteiger partial charge < -0.3 is 29.7 Å². The van der Waals surface area contributed by atoms with E-state index < -0.39 is 35.6 Å². The summed E-state index contributed by atoms with van der Waals surface area (Å²) in [7, 11) is 0. The first-order chi connectivity index (χ1) is 20.1. The van der Waals surface area contributed by atoms with Gasteiger partial charge in [-0.3, -0.25) is 19.3 Å². The van der Waals surface area contributed by atoms with E-state index in [2.05, 4.69) is 15.5 Å². The Bertz CT molecular complexity index is 1100. The molecule has 2 N–H and O–H groups in total. The summed E-state index contributed by atoms with van der Waals surface area (Å²) < 4.78 is 17.0. The molecule has 0 aromatic heterocycles. The number of carbonyl (C=O) groups is 4. The lowest BCUT2D eigenvalue weighted by molar-refractivity contribution is -0.159. The van der Waals surface area contributed by atoms with Gasteiger partial charge in [0.1, 0.15) is 29.5 Å². The number of nitrogens with one attached hydrogen (secondary N) is 2. The highest BCUT2D eigenvalue weighted by molar-refractivity contribution is 5.94. The number of nitrogens with zero attached hydrogens (tertiary/aromatic N) is 2. The number of ether oxygens (including phenoxy) is 3. The molecular formula is C31H46N4O7. The van der Waals surface area contributed by atoms with Crippen LogP contribution in [0.5, 0.6) is 5.75 Å². The van der Waals surface area contributed by atoms with Crippen molar-refractivity contribution in [3.63, 3.8) is 0 Å². The molecule has 11 heteroatoms. The van der Waals surface area contributed by atoms with Crippen molar-refractivity contribution in [3.8, 4) is 5.75 Å². The van der Waals surface area contributed by atoms with Gasteiger partial charge in [0.25, 0.3) is 0 Å². The second kappa shape index (κ2) is 14.8. The number of morpholine rings is 1. The second-order valence-corrected chi connectivity index (χ2v) is 12.3. The van der Waals surface area contributed by atoms with Crippen LogP contribution in [0, 0.1) is 0 Å². The first-order valence-electron chi connectivity index (χ1n) is 15.2. The van der Waals surface area contributed by atoms with Crippen LogP contribution in [0.15, 0.2) is 24.3 Å². The Hall–Kier alpha value is -3.18. The summed E-state index contributed by atoms with van der Waals surface area (Å²) >= 11 is 0. The van der Waals surface area contributed by atoms with Crippen molar-refractivity contribution >= 4 is 23.7 Å². The summed E-state index contributed by atoms with van der Waals surface area (Å²) in [4.78, 5) is 57.4. The molecule has 4 rings (SSSR count). The molecule has 0 aliphatic carbocycles. The summed E-state index contributed by atoms with van der Waals surface area (Å²) in [6, 6.07) is 5.03. The fraction of sp³-hybridized carbons (Fsp3) is 0.677. The average molecular weight is 587 g/mol. The lowest BCUT2D eigenvalue weighted by atomic mass is 10.0. The summed E-state index contributed by atoms with van der Waals surface area (Å²) in [6.45, 7) is 9.58. The van der Waals surface area contributed by atoms with Crippen molar-refractivity contribution in [1.82, 2.24) is 20.4 Å². The van der Waals surface area contributed by atoms with Gasteiger partial charge in [-0.15, -0.1) is 0 Å². The van der Waals surface area contributed by atoms with Gasteiger partial charge in [0.05, 0.1) is 19.8 Å². The van der Waals surface area contributed by atoms with Crippen LogP contribution in [0.4, 0.5) is 0 Å². The first kappa shape index (κ1) is 31.7.